The van der Waals surface area contributed by atoms with Crippen molar-refractivity contribution >= 4 is 11.9 Å². The molecule has 1 aromatic rings. The quantitative estimate of drug-likeness (QED) is 0.785. The highest BCUT2D eigenvalue weighted by atomic mass is 19.4. The lowest BCUT2D eigenvalue weighted by Crippen LogP contribution is -2.38. The number of carbonyl (C=O) groups excluding carboxylic acids is 1. The van der Waals surface area contributed by atoms with Crippen LogP contribution in [0.2, 0.25) is 0 Å². The average molecular weight is 347 g/mol. The first-order chi connectivity index (χ1) is 11.1. The van der Waals surface area contributed by atoms with Gasteiger partial charge in [0.2, 0.25) is 5.91 Å². The smallest absolute Gasteiger partial charge is 0.416 e. The Morgan fingerprint density at radius 2 is 2.00 bits per heavy atom. The Morgan fingerprint density at radius 1 is 1.33 bits per heavy atom. The van der Waals surface area contributed by atoms with Crippen LogP contribution in [0.3, 0.4) is 0 Å². The van der Waals surface area contributed by atoms with Crippen LogP contribution in [0.4, 0.5) is 13.2 Å². The molecular formula is C16H20F3NO4. The molecule has 0 spiro atoms. The molecule has 1 rings (SSSR count). The molecule has 24 heavy (non-hydrogen) atoms. The molecule has 5 nitrogen and oxygen atoms in total. The molecule has 1 unspecified atom stereocenters. The van der Waals surface area contributed by atoms with Gasteiger partial charge in [-0.3, -0.25) is 9.59 Å². The number of benzene rings is 1. The number of methoxy groups -OCH3 is 1. The highest BCUT2D eigenvalue weighted by Gasteiger charge is 2.31. The van der Waals surface area contributed by atoms with Gasteiger partial charge in [-0.2, -0.15) is 13.2 Å². The van der Waals surface area contributed by atoms with Crippen molar-refractivity contribution in [3.8, 4) is 0 Å². The Hall–Kier alpha value is -2.09. The van der Waals surface area contributed by atoms with Crippen LogP contribution in [0.25, 0.3) is 0 Å². The van der Waals surface area contributed by atoms with Crippen LogP contribution < -0.4 is 0 Å². The predicted molar refractivity (Wildman–Crippen MR) is 80.6 cm³/mol. The van der Waals surface area contributed by atoms with Crippen molar-refractivity contribution < 1.29 is 32.6 Å². The summed E-state index contributed by atoms with van der Waals surface area (Å²) in [4.78, 5) is 24.2. The van der Waals surface area contributed by atoms with Crippen LogP contribution >= 0.6 is 0 Å². The molecule has 1 atom stereocenters. The number of alkyl halides is 3. The summed E-state index contributed by atoms with van der Waals surface area (Å²) in [7, 11) is 1.43. The Morgan fingerprint density at radius 3 is 2.54 bits per heavy atom. The number of hydrogen-bond acceptors (Lipinski definition) is 3. The standard InChI is InChI=1S/C16H20F3NO4/c1-11(12-4-3-5-13(9-12)16(17,18)19)8-14(21)20(6-7-24-2)10-15(22)23/h3-5,9,11H,6-8,10H2,1-2H3,(H,22,23). The first kappa shape index (κ1) is 20.0. The lowest BCUT2D eigenvalue weighted by atomic mass is 9.95. The van der Waals surface area contributed by atoms with Gasteiger partial charge in [0, 0.05) is 20.1 Å². The molecule has 1 amide bonds. The Balaban J connectivity index is 2.82. The number of carbonyl (C=O) groups is 2. The lowest BCUT2D eigenvalue weighted by Gasteiger charge is -2.22. The number of ether oxygens (including phenoxy) is 1. The van der Waals surface area contributed by atoms with Crippen LogP contribution in [0.5, 0.6) is 0 Å². The van der Waals surface area contributed by atoms with E-state index in [0.29, 0.717) is 5.56 Å². The molecule has 0 bridgehead atoms. The summed E-state index contributed by atoms with van der Waals surface area (Å²) in [5, 5.41) is 8.85. The van der Waals surface area contributed by atoms with Crippen molar-refractivity contribution in [1.82, 2.24) is 4.90 Å². The van der Waals surface area contributed by atoms with Gasteiger partial charge in [0.25, 0.3) is 0 Å². The molecule has 1 N–H and O–H groups in total. The minimum atomic E-state index is -4.45. The number of halogens is 3. The molecule has 0 aliphatic rings. The lowest BCUT2D eigenvalue weighted by molar-refractivity contribution is -0.145. The molecule has 0 aliphatic heterocycles. The van der Waals surface area contributed by atoms with Gasteiger partial charge in [0.1, 0.15) is 6.54 Å². The predicted octanol–water partition coefficient (Wildman–Crippen LogP) is 2.76. The fourth-order valence-corrected chi connectivity index (χ4v) is 2.19. The van der Waals surface area contributed by atoms with E-state index in [1.807, 2.05) is 0 Å². The van der Waals surface area contributed by atoms with E-state index >= 15 is 0 Å². The van der Waals surface area contributed by atoms with Gasteiger partial charge in [0.15, 0.2) is 0 Å². The van der Waals surface area contributed by atoms with Crippen LogP contribution in [0.1, 0.15) is 30.4 Å². The van der Waals surface area contributed by atoms with Crippen molar-refractivity contribution in [2.45, 2.75) is 25.4 Å². The molecule has 1 aromatic carbocycles. The van der Waals surface area contributed by atoms with E-state index in [4.69, 9.17) is 9.84 Å². The van der Waals surface area contributed by atoms with E-state index < -0.39 is 36.1 Å². The van der Waals surface area contributed by atoms with Gasteiger partial charge in [-0.05, 0) is 17.5 Å². The molecule has 8 heteroatoms. The molecule has 0 saturated heterocycles. The van der Waals surface area contributed by atoms with Crippen LogP contribution in [0.15, 0.2) is 24.3 Å². The summed E-state index contributed by atoms with van der Waals surface area (Å²) < 4.78 is 43.1. The Bertz CT molecular complexity index is 575. The first-order valence-corrected chi connectivity index (χ1v) is 7.30. The van der Waals surface area contributed by atoms with E-state index in [9.17, 15) is 22.8 Å². The van der Waals surface area contributed by atoms with E-state index in [0.717, 1.165) is 17.0 Å². The van der Waals surface area contributed by atoms with E-state index in [-0.39, 0.29) is 19.6 Å². The van der Waals surface area contributed by atoms with Crippen LogP contribution in [0, 0.1) is 0 Å². The largest absolute Gasteiger partial charge is 0.480 e. The van der Waals surface area contributed by atoms with Crippen LogP contribution in [-0.2, 0) is 20.5 Å². The zero-order valence-electron chi connectivity index (χ0n) is 13.5. The second-order valence-electron chi connectivity index (χ2n) is 5.43. The molecule has 0 aliphatic carbocycles. The summed E-state index contributed by atoms with van der Waals surface area (Å²) >= 11 is 0. The van der Waals surface area contributed by atoms with Crippen molar-refractivity contribution in [2.24, 2.45) is 0 Å². The van der Waals surface area contributed by atoms with Gasteiger partial charge in [-0.1, -0.05) is 25.1 Å². The fourth-order valence-electron chi connectivity index (χ4n) is 2.19. The van der Waals surface area contributed by atoms with Crippen molar-refractivity contribution in [2.75, 3.05) is 26.8 Å². The van der Waals surface area contributed by atoms with Crippen molar-refractivity contribution in [3.63, 3.8) is 0 Å². The van der Waals surface area contributed by atoms with E-state index in [1.54, 1.807) is 6.92 Å². The van der Waals surface area contributed by atoms with Crippen molar-refractivity contribution in [1.29, 1.82) is 0 Å². The maximum atomic E-state index is 12.8. The summed E-state index contributed by atoms with van der Waals surface area (Å²) in [5.41, 5.74) is -0.402. The second-order valence-corrected chi connectivity index (χ2v) is 5.43. The number of carboxylic acid groups (broad SMARTS) is 1. The molecule has 0 saturated carbocycles. The summed E-state index contributed by atoms with van der Waals surface area (Å²) in [6.07, 6.45) is -4.54. The van der Waals surface area contributed by atoms with Gasteiger partial charge in [0.05, 0.1) is 12.2 Å². The number of carboxylic acids is 1. The molecule has 134 valence electrons. The minimum Gasteiger partial charge on any atom is -0.480 e. The number of aliphatic carboxylic acids is 1. The average Bonchev–Trinajstić information content (AvgIpc) is 2.50. The Kier molecular flexibility index (Phi) is 7.21. The zero-order valence-corrected chi connectivity index (χ0v) is 13.5. The summed E-state index contributed by atoms with van der Waals surface area (Å²) in [6, 6.07) is 4.78. The third kappa shape index (κ3) is 6.19. The number of nitrogens with zero attached hydrogens (tertiary/aromatic N) is 1. The molecule has 0 aromatic heterocycles. The normalized spacial score (nSPS) is 12.7. The SMILES string of the molecule is COCCN(CC(=O)O)C(=O)CC(C)c1cccc(C(F)(F)F)c1. The molecule has 0 fully saturated rings. The topological polar surface area (TPSA) is 66.8 Å². The van der Waals surface area contributed by atoms with Gasteiger partial charge < -0.3 is 14.7 Å². The number of amides is 1. The van der Waals surface area contributed by atoms with E-state index in [1.165, 1.54) is 19.2 Å². The Labute approximate surface area is 138 Å². The third-order valence-electron chi connectivity index (χ3n) is 3.51. The van der Waals surface area contributed by atoms with Crippen molar-refractivity contribution in [3.05, 3.63) is 35.4 Å². The third-order valence-corrected chi connectivity index (χ3v) is 3.51. The first-order valence-electron chi connectivity index (χ1n) is 7.30. The maximum absolute atomic E-state index is 12.8. The minimum absolute atomic E-state index is 0.0850. The number of rotatable bonds is 8. The maximum Gasteiger partial charge on any atom is 0.416 e. The summed E-state index contributed by atoms with van der Waals surface area (Å²) in [6.45, 7) is 1.44. The highest BCUT2D eigenvalue weighted by Crippen LogP contribution is 2.31. The highest BCUT2D eigenvalue weighted by molar-refractivity contribution is 5.81. The van der Waals surface area contributed by atoms with Crippen LogP contribution in [-0.4, -0.2) is 48.7 Å². The van der Waals surface area contributed by atoms with Gasteiger partial charge >= 0.3 is 12.1 Å². The monoisotopic (exact) mass is 347 g/mol. The number of hydrogen-bond donors (Lipinski definition) is 1. The van der Waals surface area contributed by atoms with Gasteiger partial charge in [-0.25, -0.2) is 0 Å². The molecule has 0 radical (unpaired) electrons. The summed E-state index contributed by atoms with van der Waals surface area (Å²) in [5.74, 6) is -2.08. The molecular weight excluding hydrogens is 327 g/mol. The zero-order chi connectivity index (χ0) is 18.3. The molecule has 0 heterocycles. The second kappa shape index (κ2) is 8.68. The fraction of sp³-hybridized carbons (Fsp3) is 0.500. The van der Waals surface area contributed by atoms with Gasteiger partial charge in [-0.15, -0.1) is 0 Å². The van der Waals surface area contributed by atoms with E-state index in [2.05, 4.69) is 0 Å².